The summed E-state index contributed by atoms with van der Waals surface area (Å²) in [5.41, 5.74) is 3.10. The van der Waals surface area contributed by atoms with Crippen LogP contribution in [0.1, 0.15) is 41.0 Å². The van der Waals surface area contributed by atoms with Gasteiger partial charge in [0.05, 0.1) is 6.04 Å². The molecule has 0 aliphatic carbocycles. The maximum Gasteiger partial charge on any atom is 0.273 e. The number of aromatic hydroxyl groups is 2. The van der Waals surface area contributed by atoms with E-state index in [-0.39, 0.29) is 23.4 Å². The van der Waals surface area contributed by atoms with Crippen LogP contribution >= 0.6 is 0 Å². The fourth-order valence-corrected chi connectivity index (χ4v) is 3.59. The van der Waals surface area contributed by atoms with Gasteiger partial charge in [-0.3, -0.25) is 9.89 Å². The molecule has 26 heavy (non-hydrogen) atoms. The van der Waals surface area contributed by atoms with Crippen molar-refractivity contribution in [3.05, 3.63) is 65.4 Å². The number of phenols is 2. The zero-order valence-electron chi connectivity index (χ0n) is 14.3. The van der Waals surface area contributed by atoms with Crippen molar-refractivity contribution in [3.63, 3.8) is 0 Å². The third-order valence-corrected chi connectivity index (χ3v) is 4.67. The lowest BCUT2D eigenvalue weighted by Gasteiger charge is -2.26. The molecule has 1 amide bonds. The predicted octanol–water partition coefficient (Wildman–Crippen LogP) is 3.44. The van der Waals surface area contributed by atoms with Crippen LogP contribution in [0.5, 0.6) is 11.5 Å². The summed E-state index contributed by atoms with van der Waals surface area (Å²) in [6.07, 6.45) is 0.810. The van der Waals surface area contributed by atoms with E-state index >= 15 is 0 Å². The van der Waals surface area contributed by atoms with Crippen molar-refractivity contribution >= 4 is 5.91 Å². The van der Waals surface area contributed by atoms with Gasteiger partial charge >= 0.3 is 0 Å². The average molecular weight is 349 g/mol. The number of fused-ring (bicyclic) bond motifs is 1. The molecule has 2 heterocycles. The van der Waals surface area contributed by atoms with E-state index in [1.807, 2.05) is 19.1 Å². The Labute approximate surface area is 150 Å². The highest BCUT2D eigenvalue weighted by Crippen LogP contribution is 2.44. The Morgan fingerprint density at radius 1 is 1.15 bits per heavy atom. The molecule has 0 unspecified atom stereocenters. The molecular weight excluding hydrogens is 330 g/mol. The lowest BCUT2D eigenvalue weighted by molar-refractivity contribution is 0.0743. The summed E-state index contributed by atoms with van der Waals surface area (Å²) in [5, 5.41) is 27.3. The first-order chi connectivity index (χ1) is 12.6. The van der Waals surface area contributed by atoms with Gasteiger partial charge < -0.3 is 15.1 Å². The largest absolute Gasteiger partial charge is 0.508 e. The van der Waals surface area contributed by atoms with Crippen LogP contribution in [0.3, 0.4) is 0 Å². The minimum absolute atomic E-state index is 0.109. The Morgan fingerprint density at radius 2 is 1.96 bits per heavy atom. The van der Waals surface area contributed by atoms with Crippen molar-refractivity contribution in [2.45, 2.75) is 19.4 Å². The highest BCUT2D eigenvalue weighted by atomic mass is 16.3. The molecule has 0 fully saturated rings. The summed E-state index contributed by atoms with van der Waals surface area (Å²) < 4.78 is 0. The first-order valence-corrected chi connectivity index (χ1v) is 8.58. The van der Waals surface area contributed by atoms with E-state index in [0.717, 1.165) is 17.5 Å². The summed E-state index contributed by atoms with van der Waals surface area (Å²) in [4.78, 5) is 14.7. The van der Waals surface area contributed by atoms with Crippen molar-refractivity contribution in [3.8, 4) is 22.8 Å². The molecule has 0 saturated heterocycles. The van der Waals surface area contributed by atoms with Crippen LogP contribution in [0.2, 0.25) is 0 Å². The van der Waals surface area contributed by atoms with Crippen molar-refractivity contribution in [2.75, 3.05) is 6.54 Å². The molecule has 4 rings (SSSR count). The van der Waals surface area contributed by atoms with Crippen LogP contribution < -0.4 is 0 Å². The van der Waals surface area contributed by atoms with Gasteiger partial charge in [0.2, 0.25) is 0 Å². The highest BCUT2D eigenvalue weighted by Gasteiger charge is 2.42. The molecule has 3 aromatic rings. The molecule has 0 spiro atoms. The van der Waals surface area contributed by atoms with Gasteiger partial charge in [-0.15, -0.1) is 0 Å². The number of H-pyrrole nitrogens is 1. The van der Waals surface area contributed by atoms with Gasteiger partial charge in [-0.2, -0.15) is 5.10 Å². The fraction of sp³-hybridized carbons (Fsp3) is 0.200. The Morgan fingerprint density at radius 3 is 2.69 bits per heavy atom. The first-order valence-electron chi connectivity index (χ1n) is 8.58. The summed E-state index contributed by atoms with van der Waals surface area (Å²) in [6.45, 7) is 2.60. The quantitative estimate of drug-likeness (QED) is 0.673. The third-order valence-electron chi connectivity index (χ3n) is 4.67. The number of hydrogen-bond donors (Lipinski definition) is 3. The van der Waals surface area contributed by atoms with E-state index in [9.17, 15) is 15.0 Å². The topological polar surface area (TPSA) is 89.5 Å². The number of phenolic OH excluding ortho intramolecular Hbond substituents is 2. The second-order valence-corrected chi connectivity index (χ2v) is 6.37. The number of rotatable bonds is 4. The molecule has 1 aromatic heterocycles. The Bertz CT molecular complexity index is 980. The number of aromatic amines is 1. The number of nitrogens with one attached hydrogen (secondary N) is 1. The monoisotopic (exact) mass is 349 g/mol. The second kappa shape index (κ2) is 6.22. The molecule has 3 N–H and O–H groups in total. The van der Waals surface area contributed by atoms with E-state index in [4.69, 9.17) is 0 Å². The van der Waals surface area contributed by atoms with E-state index in [1.54, 1.807) is 41.3 Å². The van der Waals surface area contributed by atoms with Gasteiger partial charge in [0.1, 0.15) is 22.9 Å². The summed E-state index contributed by atoms with van der Waals surface area (Å²) in [7, 11) is 0. The maximum absolute atomic E-state index is 12.9. The van der Waals surface area contributed by atoms with Crippen molar-refractivity contribution in [1.82, 2.24) is 15.1 Å². The normalized spacial score (nSPS) is 16.1. The lowest BCUT2D eigenvalue weighted by atomic mass is 9.95. The third kappa shape index (κ3) is 2.42. The van der Waals surface area contributed by atoms with Crippen LogP contribution in [-0.4, -0.2) is 37.8 Å². The number of aromatic nitrogens is 2. The zero-order valence-corrected chi connectivity index (χ0v) is 14.3. The Balaban J connectivity index is 1.93. The fourth-order valence-electron chi connectivity index (χ4n) is 3.59. The number of carbonyl (C=O) groups excluding carboxylic acids is 1. The minimum atomic E-state index is -0.363. The van der Waals surface area contributed by atoms with Crippen molar-refractivity contribution < 1.29 is 15.0 Å². The minimum Gasteiger partial charge on any atom is -0.508 e. The van der Waals surface area contributed by atoms with Crippen LogP contribution in [0.25, 0.3) is 11.3 Å². The van der Waals surface area contributed by atoms with E-state index in [0.29, 0.717) is 23.5 Å². The highest BCUT2D eigenvalue weighted by molar-refractivity contribution is 6.00. The number of carbonyl (C=O) groups is 1. The maximum atomic E-state index is 12.9. The molecule has 1 aliphatic heterocycles. The van der Waals surface area contributed by atoms with Gasteiger partial charge in [-0.25, -0.2) is 0 Å². The summed E-state index contributed by atoms with van der Waals surface area (Å²) in [5.74, 6) is 0.134. The van der Waals surface area contributed by atoms with E-state index < -0.39 is 0 Å². The molecule has 6 nitrogen and oxygen atoms in total. The molecule has 132 valence electrons. The summed E-state index contributed by atoms with van der Waals surface area (Å²) in [6, 6.07) is 13.5. The number of hydrogen-bond acceptors (Lipinski definition) is 4. The molecule has 0 bridgehead atoms. The number of nitrogens with zero attached hydrogens (tertiary/aromatic N) is 2. The predicted molar refractivity (Wildman–Crippen MR) is 97.0 cm³/mol. The van der Waals surface area contributed by atoms with Crippen molar-refractivity contribution in [2.24, 2.45) is 0 Å². The molecule has 0 saturated carbocycles. The number of amides is 1. The van der Waals surface area contributed by atoms with Crippen LogP contribution in [-0.2, 0) is 0 Å². The Kier molecular flexibility index (Phi) is 3.88. The first kappa shape index (κ1) is 16.2. The summed E-state index contributed by atoms with van der Waals surface area (Å²) >= 11 is 0. The zero-order chi connectivity index (χ0) is 18.3. The molecule has 2 aromatic carbocycles. The van der Waals surface area contributed by atoms with Crippen LogP contribution in [0, 0.1) is 0 Å². The van der Waals surface area contributed by atoms with Gasteiger partial charge in [0.15, 0.2) is 0 Å². The van der Waals surface area contributed by atoms with Gasteiger partial charge in [-0.05, 0) is 36.2 Å². The van der Waals surface area contributed by atoms with Gasteiger partial charge in [0.25, 0.3) is 5.91 Å². The smallest absolute Gasteiger partial charge is 0.273 e. The Hall–Kier alpha value is -3.28. The standard InChI is InChI=1S/C20H19N3O3/c1-2-10-23-19(12-6-5-7-13(24)11-12)16-17(21-22-18(16)20(23)26)14-8-3-4-9-15(14)25/h3-9,11,19,24-25H,2,10H2,1H3,(H,21,22)/t19-/m1/s1. The molecule has 1 aliphatic rings. The van der Waals surface area contributed by atoms with E-state index in [2.05, 4.69) is 10.2 Å². The van der Waals surface area contributed by atoms with E-state index in [1.165, 1.54) is 0 Å². The van der Waals surface area contributed by atoms with Crippen LogP contribution in [0.15, 0.2) is 48.5 Å². The second-order valence-electron chi connectivity index (χ2n) is 6.37. The van der Waals surface area contributed by atoms with Crippen molar-refractivity contribution in [1.29, 1.82) is 0 Å². The SMILES string of the molecule is CCCN1C(=O)c2[nH]nc(-c3ccccc3O)c2[C@H]1c1cccc(O)c1. The average Bonchev–Trinajstić information content (AvgIpc) is 3.16. The molecular formula is C20H19N3O3. The molecule has 0 radical (unpaired) electrons. The molecule has 1 atom stereocenters. The molecule has 6 heteroatoms. The number of benzene rings is 2. The van der Waals surface area contributed by atoms with Gasteiger partial charge in [0, 0.05) is 17.7 Å². The number of para-hydroxylation sites is 1. The van der Waals surface area contributed by atoms with Crippen LogP contribution in [0.4, 0.5) is 0 Å². The van der Waals surface area contributed by atoms with Gasteiger partial charge in [-0.1, -0.05) is 31.2 Å². The lowest BCUT2D eigenvalue weighted by Crippen LogP contribution is -2.30.